The SMILES string of the molecule is COc1ccccc1/C=N\NC(=O)c1cc(-c2ccccc2OC)n[nH]1. The van der Waals surface area contributed by atoms with Crippen LogP contribution in [0.4, 0.5) is 0 Å². The number of methoxy groups -OCH3 is 2. The zero-order valence-electron chi connectivity index (χ0n) is 14.4. The van der Waals surface area contributed by atoms with Crippen LogP contribution >= 0.6 is 0 Å². The maximum Gasteiger partial charge on any atom is 0.289 e. The Labute approximate surface area is 150 Å². The molecule has 1 heterocycles. The van der Waals surface area contributed by atoms with Crippen molar-refractivity contribution in [3.05, 3.63) is 65.9 Å². The van der Waals surface area contributed by atoms with Gasteiger partial charge in [0.25, 0.3) is 5.91 Å². The Hall–Kier alpha value is -3.61. The van der Waals surface area contributed by atoms with Gasteiger partial charge in [0.15, 0.2) is 0 Å². The van der Waals surface area contributed by atoms with Crippen molar-refractivity contribution < 1.29 is 14.3 Å². The summed E-state index contributed by atoms with van der Waals surface area (Å²) in [5.74, 6) is 0.954. The van der Waals surface area contributed by atoms with Gasteiger partial charge in [0.2, 0.25) is 0 Å². The van der Waals surface area contributed by atoms with E-state index < -0.39 is 5.91 Å². The van der Waals surface area contributed by atoms with Crippen LogP contribution in [0.25, 0.3) is 11.3 Å². The quantitative estimate of drug-likeness (QED) is 0.528. The molecule has 0 aliphatic carbocycles. The molecule has 3 aromatic rings. The smallest absolute Gasteiger partial charge is 0.289 e. The Balaban J connectivity index is 1.71. The minimum Gasteiger partial charge on any atom is -0.496 e. The van der Waals surface area contributed by atoms with Gasteiger partial charge < -0.3 is 9.47 Å². The molecule has 0 atom stereocenters. The number of H-pyrrole nitrogens is 1. The van der Waals surface area contributed by atoms with Crippen molar-refractivity contribution in [1.29, 1.82) is 0 Å². The number of nitrogens with one attached hydrogen (secondary N) is 2. The van der Waals surface area contributed by atoms with Crippen LogP contribution in [0.1, 0.15) is 16.1 Å². The van der Waals surface area contributed by atoms with Gasteiger partial charge in [-0.3, -0.25) is 9.89 Å². The highest BCUT2D eigenvalue weighted by Crippen LogP contribution is 2.28. The van der Waals surface area contributed by atoms with Crippen molar-refractivity contribution in [2.45, 2.75) is 0 Å². The van der Waals surface area contributed by atoms with Gasteiger partial charge in [0.1, 0.15) is 17.2 Å². The van der Waals surface area contributed by atoms with Gasteiger partial charge in [-0.1, -0.05) is 24.3 Å². The van der Waals surface area contributed by atoms with Crippen LogP contribution in [0.3, 0.4) is 0 Å². The number of hydrogen-bond donors (Lipinski definition) is 2. The van der Waals surface area contributed by atoms with Gasteiger partial charge in [-0.05, 0) is 30.3 Å². The molecule has 0 radical (unpaired) electrons. The fourth-order valence-corrected chi connectivity index (χ4v) is 2.43. The number of nitrogens with zero attached hydrogens (tertiary/aromatic N) is 2. The second-order valence-corrected chi connectivity index (χ2v) is 5.31. The summed E-state index contributed by atoms with van der Waals surface area (Å²) >= 11 is 0. The molecule has 1 amide bonds. The van der Waals surface area contributed by atoms with Gasteiger partial charge in [0, 0.05) is 11.1 Å². The van der Waals surface area contributed by atoms with Gasteiger partial charge in [-0.15, -0.1) is 0 Å². The number of benzene rings is 2. The molecule has 26 heavy (non-hydrogen) atoms. The molecule has 0 saturated heterocycles. The first-order valence-corrected chi connectivity index (χ1v) is 7.88. The number of rotatable bonds is 6. The average Bonchev–Trinajstić information content (AvgIpc) is 3.18. The third kappa shape index (κ3) is 3.72. The Morgan fingerprint density at radius 2 is 1.77 bits per heavy atom. The van der Waals surface area contributed by atoms with Crippen molar-refractivity contribution in [3.63, 3.8) is 0 Å². The Morgan fingerprint density at radius 1 is 1.08 bits per heavy atom. The monoisotopic (exact) mass is 350 g/mol. The Morgan fingerprint density at radius 3 is 2.54 bits per heavy atom. The van der Waals surface area contributed by atoms with Crippen molar-refractivity contribution in [2.75, 3.05) is 14.2 Å². The molecular weight excluding hydrogens is 332 g/mol. The molecule has 0 unspecified atom stereocenters. The molecule has 2 aromatic carbocycles. The number of hydrogen-bond acceptors (Lipinski definition) is 5. The molecule has 2 N–H and O–H groups in total. The largest absolute Gasteiger partial charge is 0.496 e. The molecule has 0 aliphatic rings. The molecule has 0 bridgehead atoms. The van der Waals surface area contributed by atoms with E-state index in [1.54, 1.807) is 20.3 Å². The zero-order valence-corrected chi connectivity index (χ0v) is 14.4. The summed E-state index contributed by atoms with van der Waals surface area (Å²) in [5.41, 5.74) is 4.92. The lowest BCUT2D eigenvalue weighted by molar-refractivity contribution is 0.0950. The Kier molecular flexibility index (Phi) is 5.28. The number of hydrazone groups is 1. The van der Waals surface area contributed by atoms with E-state index in [0.29, 0.717) is 22.9 Å². The van der Waals surface area contributed by atoms with Gasteiger partial charge >= 0.3 is 0 Å². The minimum atomic E-state index is -0.398. The molecule has 132 valence electrons. The molecule has 7 heteroatoms. The summed E-state index contributed by atoms with van der Waals surface area (Å²) < 4.78 is 10.5. The van der Waals surface area contributed by atoms with E-state index in [1.807, 2.05) is 48.5 Å². The summed E-state index contributed by atoms with van der Waals surface area (Å²) in [6, 6.07) is 16.5. The van der Waals surface area contributed by atoms with Crippen LogP contribution in [-0.2, 0) is 0 Å². The van der Waals surface area contributed by atoms with Crippen LogP contribution in [0.2, 0.25) is 0 Å². The topological polar surface area (TPSA) is 88.6 Å². The summed E-state index contributed by atoms with van der Waals surface area (Å²) in [6.45, 7) is 0. The van der Waals surface area contributed by atoms with Gasteiger partial charge in [-0.2, -0.15) is 10.2 Å². The second kappa shape index (κ2) is 7.98. The molecular formula is C19H18N4O3. The number of carbonyl (C=O) groups excluding carboxylic acids is 1. The molecule has 3 rings (SSSR count). The van der Waals surface area contributed by atoms with Crippen LogP contribution in [0.5, 0.6) is 11.5 Å². The van der Waals surface area contributed by atoms with Crippen molar-refractivity contribution in [1.82, 2.24) is 15.6 Å². The first kappa shape index (κ1) is 17.2. The molecule has 0 aliphatic heterocycles. The maximum absolute atomic E-state index is 12.2. The number of aromatic nitrogens is 2. The summed E-state index contributed by atoms with van der Waals surface area (Å²) in [7, 11) is 3.17. The fraction of sp³-hybridized carbons (Fsp3) is 0.105. The van der Waals surface area contributed by atoms with Crippen LogP contribution in [-0.4, -0.2) is 36.5 Å². The highest BCUT2D eigenvalue weighted by molar-refractivity contribution is 5.94. The van der Waals surface area contributed by atoms with E-state index in [4.69, 9.17) is 9.47 Å². The molecule has 7 nitrogen and oxygen atoms in total. The van der Waals surface area contributed by atoms with Crippen molar-refractivity contribution in [3.8, 4) is 22.8 Å². The van der Waals surface area contributed by atoms with Gasteiger partial charge in [0.05, 0.1) is 26.1 Å². The highest BCUT2D eigenvalue weighted by atomic mass is 16.5. The van der Waals surface area contributed by atoms with Crippen LogP contribution < -0.4 is 14.9 Å². The lowest BCUT2D eigenvalue weighted by Crippen LogP contribution is -2.18. The standard InChI is InChI=1S/C19H18N4O3/c1-25-17-9-5-3-7-13(17)12-20-23-19(24)16-11-15(21-22-16)14-8-4-6-10-18(14)26-2/h3-12H,1-2H3,(H,21,22)(H,23,24)/b20-12-. The molecule has 0 fully saturated rings. The van der Waals surface area contributed by atoms with E-state index >= 15 is 0 Å². The zero-order chi connectivity index (χ0) is 18.4. The van der Waals surface area contributed by atoms with E-state index in [2.05, 4.69) is 20.7 Å². The summed E-state index contributed by atoms with van der Waals surface area (Å²) in [6.07, 6.45) is 1.52. The predicted octanol–water partition coefficient (Wildman–Crippen LogP) is 2.86. The van der Waals surface area contributed by atoms with E-state index in [-0.39, 0.29) is 0 Å². The Bertz CT molecular complexity index is 934. The highest BCUT2D eigenvalue weighted by Gasteiger charge is 2.13. The van der Waals surface area contributed by atoms with Crippen molar-refractivity contribution in [2.24, 2.45) is 5.10 Å². The third-order valence-electron chi connectivity index (χ3n) is 3.71. The normalized spacial score (nSPS) is 10.7. The van der Waals surface area contributed by atoms with E-state index in [1.165, 1.54) is 6.21 Å². The average molecular weight is 350 g/mol. The predicted molar refractivity (Wildman–Crippen MR) is 98.6 cm³/mol. The first-order valence-electron chi connectivity index (χ1n) is 7.88. The van der Waals surface area contributed by atoms with E-state index in [9.17, 15) is 4.79 Å². The number of ether oxygens (including phenoxy) is 2. The maximum atomic E-state index is 12.2. The number of para-hydroxylation sites is 2. The second-order valence-electron chi connectivity index (χ2n) is 5.31. The number of carbonyl (C=O) groups is 1. The lowest BCUT2D eigenvalue weighted by atomic mass is 10.1. The molecule has 0 spiro atoms. The fourth-order valence-electron chi connectivity index (χ4n) is 2.43. The molecule has 0 saturated carbocycles. The minimum absolute atomic E-state index is 0.295. The number of aromatic amines is 1. The van der Waals surface area contributed by atoms with Crippen LogP contribution in [0.15, 0.2) is 59.7 Å². The number of amides is 1. The first-order chi connectivity index (χ1) is 12.7. The lowest BCUT2D eigenvalue weighted by Gasteiger charge is -2.04. The van der Waals surface area contributed by atoms with Crippen LogP contribution in [0, 0.1) is 0 Å². The van der Waals surface area contributed by atoms with Crippen molar-refractivity contribution >= 4 is 12.1 Å². The summed E-state index contributed by atoms with van der Waals surface area (Å²) in [5, 5.41) is 10.8. The van der Waals surface area contributed by atoms with E-state index in [0.717, 1.165) is 11.1 Å². The summed E-state index contributed by atoms with van der Waals surface area (Å²) in [4.78, 5) is 12.2. The third-order valence-corrected chi connectivity index (χ3v) is 3.71. The van der Waals surface area contributed by atoms with Gasteiger partial charge in [-0.25, -0.2) is 5.43 Å². The molecule has 1 aromatic heterocycles.